The van der Waals surface area contributed by atoms with Crippen LogP contribution in [0.25, 0.3) is 0 Å². The number of hydrogen-bond acceptors (Lipinski definition) is 3. The Labute approximate surface area is 41.0 Å². The molecule has 0 aromatic rings. The molecule has 0 aromatic heterocycles. The summed E-state index contributed by atoms with van der Waals surface area (Å²) in [4.78, 5) is 9.77. The Hall–Kier alpha value is -0.610. The van der Waals surface area contributed by atoms with E-state index in [1.807, 2.05) is 0 Å². The van der Waals surface area contributed by atoms with Gasteiger partial charge in [-0.15, -0.1) is 0 Å². The van der Waals surface area contributed by atoms with Gasteiger partial charge in [-0.25, -0.2) is 0 Å². The topological polar surface area (TPSA) is 60.6 Å². The highest BCUT2D eigenvalue weighted by atomic mass is 16.6. The van der Waals surface area contributed by atoms with Crippen LogP contribution < -0.4 is 5.48 Å². The second-order valence-electron chi connectivity index (χ2n) is 0.799. The van der Waals surface area contributed by atoms with Crippen molar-refractivity contribution in [1.29, 1.82) is 0 Å². The number of nitrogens with zero attached hydrogens (tertiary/aromatic N) is 1. The van der Waals surface area contributed by atoms with Gasteiger partial charge in [-0.3, -0.25) is 0 Å². The summed E-state index contributed by atoms with van der Waals surface area (Å²) in [5, 5.41) is 7.62. The summed E-state index contributed by atoms with van der Waals surface area (Å²) in [5.74, 6) is 0. The molecule has 0 aliphatic carbocycles. The van der Waals surface area contributed by atoms with Crippen molar-refractivity contribution in [3.8, 4) is 0 Å². The molecule has 0 aliphatic rings. The molecule has 0 heterocycles. The van der Waals surface area contributed by atoms with E-state index in [0.29, 0.717) is 0 Å². The summed E-state index contributed by atoms with van der Waals surface area (Å²) in [5.41, 5.74) is 2.22. The Kier molecular flexibility index (Phi) is 3.26. The number of amides is 1. The first kappa shape index (κ1) is 6.39. The minimum Gasteiger partial charge on any atom is -0.409 e. The standard InChI is InChI=1S/C3H6NO3/c1-2-7-3(5)4-6/h6H,2H2,1H3/q+1. The number of carbonyl (C=O) groups excluding carboxylic acids is 1. The van der Waals surface area contributed by atoms with Crippen molar-refractivity contribution in [1.82, 2.24) is 5.48 Å². The predicted molar refractivity (Wildman–Crippen MR) is 20.9 cm³/mol. The van der Waals surface area contributed by atoms with E-state index in [0.717, 1.165) is 0 Å². The molecule has 0 saturated heterocycles. The summed E-state index contributed by atoms with van der Waals surface area (Å²) in [6.45, 7) is 1.87. The largest absolute Gasteiger partial charge is 0.676 e. The van der Waals surface area contributed by atoms with E-state index in [9.17, 15) is 4.79 Å². The van der Waals surface area contributed by atoms with Gasteiger partial charge in [0.1, 0.15) is 0 Å². The molecule has 7 heavy (non-hydrogen) atoms. The van der Waals surface area contributed by atoms with Crippen LogP contribution in [-0.4, -0.2) is 17.9 Å². The smallest absolute Gasteiger partial charge is 0.409 e. The molecule has 0 unspecified atom stereocenters. The van der Waals surface area contributed by atoms with Gasteiger partial charge in [0.2, 0.25) is 0 Å². The fourth-order valence-electron chi connectivity index (χ4n) is 0.152. The third-order valence-electron chi connectivity index (χ3n) is 0.349. The zero-order valence-electron chi connectivity index (χ0n) is 3.92. The molecule has 0 rings (SSSR count). The molecule has 40 valence electrons. The Morgan fingerprint density at radius 1 is 2.00 bits per heavy atom. The summed E-state index contributed by atoms with van der Waals surface area (Å²) in [7, 11) is 0. The molecule has 2 radical (unpaired) electrons. The van der Waals surface area contributed by atoms with E-state index in [2.05, 4.69) is 10.2 Å². The number of carbonyl (C=O) groups is 1. The summed E-state index contributed by atoms with van der Waals surface area (Å²) in [6, 6.07) is 0. The van der Waals surface area contributed by atoms with Crippen molar-refractivity contribution >= 4 is 6.09 Å². The summed E-state index contributed by atoms with van der Waals surface area (Å²) < 4.78 is 4.14. The second-order valence-corrected chi connectivity index (χ2v) is 0.799. The maximum absolute atomic E-state index is 9.77. The van der Waals surface area contributed by atoms with Crippen LogP contribution in [0.4, 0.5) is 4.79 Å². The molecule has 0 spiro atoms. The van der Waals surface area contributed by atoms with Gasteiger partial charge < -0.3 is 4.74 Å². The van der Waals surface area contributed by atoms with Gasteiger partial charge in [-0.05, 0) is 6.92 Å². The lowest BCUT2D eigenvalue weighted by Gasteiger charge is -1.80. The van der Waals surface area contributed by atoms with Crippen LogP contribution in [0.3, 0.4) is 0 Å². The first-order valence-corrected chi connectivity index (χ1v) is 1.83. The van der Waals surface area contributed by atoms with Gasteiger partial charge in [0, 0.05) is 0 Å². The van der Waals surface area contributed by atoms with E-state index < -0.39 is 6.09 Å². The quantitative estimate of drug-likeness (QED) is 0.380. The molecular formula is C3H6NO3+. The van der Waals surface area contributed by atoms with Crippen molar-refractivity contribution in [2.75, 3.05) is 6.61 Å². The van der Waals surface area contributed by atoms with Crippen LogP contribution in [0.2, 0.25) is 0 Å². The zero-order valence-corrected chi connectivity index (χ0v) is 3.92. The Balaban J connectivity index is 3.00. The van der Waals surface area contributed by atoms with Crippen LogP contribution in [0.1, 0.15) is 6.92 Å². The molecule has 0 aliphatic heterocycles. The molecule has 4 nitrogen and oxygen atoms in total. The summed E-state index contributed by atoms with van der Waals surface area (Å²) in [6.07, 6.45) is -0.942. The molecule has 4 heteroatoms. The molecule has 1 N–H and O–H groups in total. The van der Waals surface area contributed by atoms with Crippen LogP contribution in [0.15, 0.2) is 0 Å². The monoisotopic (exact) mass is 104 g/mol. The van der Waals surface area contributed by atoms with E-state index in [-0.39, 0.29) is 6.61 Å². The number of rotatable bonds is 1. The molecular weight excluding hydrogens is 98.0 g/mol. The molecule has 0 fully saturated rings. The highest BCUT2D eigenvalue weighted by Gasteiger charge is 2.17. The van der Waals surface area contributed by atoms with Crippen molar-refractivity contribution in [3.63, 3.8) is 0 Å². The predicted octanol–water partition coefficient (Wildman–Crippen LogP) is 0.137. The van der Waals surface area contributed by atoms with Crippen LogP contribution in [0.5, 0.6) is 0 Å². The Bertz CT molecular complexity index is 63.2. The Morgan fingerprint density at radius 2 is 2.57 bits per heavy atom. The first-order valence-electron chi connectivity index (χ1n) is 1.83. The SMILES string of the molecule is CCOC(=O)[N+]O. The van der Waals surface area contributed by atoms with E-state index >= 15 is 0 Å². The van der Waals surface area contributed by atoms with Crippen molar-refractivity contribution < 1.29 is 14.7 Å². The van der Waals surface area contributed by atoms with Gasteiger partial charge in [-0.2, -0.15) is 4.79 Å². The van der Waals surface area contributed by atoms with E-state index in [1.165, 1.54) is 0 Å². The highest BCUT2D eigenvalue weighted by molar-refractivity contribution is 5.65. The summed E-state index contributed by atoms with van der Waals surface area (Å²) >= 11 is 0. The second kappa shape index (κ2) is 3.58. The fraction of sp³-hybridized carbons (Fsp3) is 0.667. The van der Waals surface area contributed by atoms with Gasteiger partial charge in [0.25, 0.3) is 0 Å². The third kappa shape index (κ3) is 3.21. The maximum Gasteiger partial charge on any atom is 0.676 e. The average Bonchev–Trinajstić information content (AvgIpc) is 1.68. The highest BCUT2D eigenvalue weighted by Crippen LogP contribution is 1.72. The third-order valence-corrected chi connectivity index (χ3v) is 0.349. The van der Waals surface area contributed by atoms with Crippen molar-refractivity contribution in [3.05, 3.63) is 0 Å². The van der Waals surface area contributed by atoms with Gasteiger partial charge >= 0.3 is 11.6 Å². The fourth-order valence-corrected chi connectivity index (χ4v) is 0.152. The van der Waals surface area contributed by atoms with Crippen LogP contribution >= 0.6 is 0 Å². The van der Waals surface area contributed by atoms with Gasteiger partial charge in [0.05, 0.1) is 6.61 Å². The van der Waals surface area contributed by atoms with E-state index in [1.54, 1.807) is 6.92 Å². The maximum atomic E-state index is 9.77. The first-order chi connectivity index (χ1) is 3.31. The van der Waals surface area contributed by atoms with E-state index in [4.69, 9.17) is 5.21 Å². The minimum atomic E-state index is -0.942. The van der Waals surface area contributed by atoms with Gasteiger partial charge in [-0.1, -0.05) is 5.21 Å². The lowest BCUT2D eigenvalue weighted by Crippen LogP contribution is -2.12. The molecule has 1 amide bonds. The molecule has 0 aromatic carbocycles. The molecule has 0 saturated carbocycles. The minimum absolute atomic E-state index is 0.239. The lowest BCUT2D eigenvalue weighted by molar-refractivity contribution is 0.0881. The Morgan fingerprint density at radius 3 is 2.71 bits per heavy atom. The normalized spacial score (nSPS) is 8.29. The van der Waals surface area contributed by atoms with Crippen molar-refractivity contribution in [2.45, 2.75) is 6.92 Å². The number of hydroxylamine groups is 1. The average molecular weight is 104 g/mol. The number of ether oxygens (including phenoxy) is 1. The molecule has 0 atom stereocenters. The molecule has 0 bridgehead atoms. The van der Waals surface area contributed by atoms with Crippen molar-refractivity contribution in [2.24, 2.45) is 0 Å². The van der Waals surface area contributed by atoms with Crippen LogP contribution in [-0.2, 0) is 4.74 Å². The number of hydrogen-bond donors (Lipinski definition) is 1. The van der Waals surface area contributed by atoms with Gasteiger partial charge in [0.15, 0.2) is 0 Å². The zero-order chi connectivity index (χ0) is 5.70. The van der Waals surface area contributed by atoms with Crippen LogP contribution in [0, 0.1) is 0 Å². The lowest BCUT2D eigenvalue weighted by atomic mass is 10.9.